The number of carbonyl (C=O) groups excluding carboxylic acids is 1. The van der Waals surface area contributed by atoms with Crippen LogP contribution in [-0.2, 0) is 9.59 Å². The number of carboxylic acid groups (broad SMARTS) is 1. The van der Waals surface area contributed by atoms with E-state index in [1.165, 1.54) is 0 Å². The number of thioether (sulfide) groups is 1. The molecule has 0 aromatic heterocycles. The van der Waals surface area contributed by atoms with E-state index in [0.717, 1.165) is 18.6 Å². The summed E-state index contributed by atoms with van der Waals surface area (Å²) >= 11 is 1.69. The van der Waals surface area contributed by atoms with Gasteiger partial charge < -0.3 is 10.4 Å². The Hall–Kier alpha value is -0.710. The summed E-state index contributed by atoms with van der Waals surface area (Å²) in [5.74, 6) is 0.239. The predicted molar refractivity (Wildman–Crippen MR) is 69.2 cm³/mol. The van der Waals surface area contributed by atoms with Gasteiger partial charge in [0.1, 0.15) is 0 Å². The number of carboxylic acids is 1. The molecule has 1 atom stereocenters. The van der Waals surface area contributed by atoms with E-state index in [1.54, 1.807) is 11.8 Å². The second-order valence-corrected chi connectivity index (χ2v) is 7.01. The standard InChI is InChI=1S/C12H21NO3S/c1-11(2,7-5-9(14)15)13-10(16)12(3)6-4-8-17-12/h4-8H2,1-3H3,(H,13,16)(H,14,15). The number of hydrogen-bond acceptors (Lipinski definition) is 3. The number of carbonyl (C=O) groups is 2. The van der Waals surface area contributed by atoms with Gasteiger partial charge in [-0.2, -0.15) is 0 Å². The molecule has 1 aliphatic rings. The molecule has 4 nitrogen and oxygen atoms in total. The summed E-state index contributed by atoms with van der Waals surface area (Å²) in [7, 11) is 0. The van der Waals surface area contributed by atoms with Gasteiger partial charge >= 0.3 is 5.97 Å². The topological polar surface area (TPSA) is 66.4 Å². The van der Waals surface area contributed by atoms with Crippen LogP contribution in [0.15, 0.2) is 0 Å². The van der Waals surface area contributed by atoms with Gasteiger partial charge in [-0.25, -0.2) is 0 Å². The van der Waals surface area contributed by atoms with Gasteiger partial charge in [0.25, 0.3) is 0 Å². The summed E-state index contributed by atoms with van der Waals surface area (Å²) in [6.45, 7) is 5.71. The Balaban J connectivity index is 2.51. The maximum Gasteiger partial charge on any atom is 0.303 e. The van der Waals surface area contributed by atoms with Crippen LogP contribution in [0.1, 0.15) is 46.5 Å². The smallest absolute Gasteiger partial charge is 0.303 e. The average molecular weight is 259 g/mol. The van der Waals surface area contributed by atoms with Crippen molar-refractivity contribution < 1.29 is 14.7 Å². The monoisotopic (exact) mass is 259 g/mol. The number of amides is 1. The number of nitrogens with one attached hydrogen (secondary N) is 1. The number of rotatable bonds is 5. The van der Waals surface area contributed by atoms with E-state index in [-0.39, 0.29) is 17.1 Å². The molecule has 2 N–H and O–H groups in total. The summed E-state index contributed by atoms with van der Waals surface area (Å²) in [5.41, 5.74) is -0.457. The summed E-state index contributed by atoms with van der Waals surface area (Å²) in [6.07, 6.45) is 2.51. The van der Waals surface area contributed by atoms with Crippen molar-refractivity contribution in [2.24, 2.45) is 0 Å². The van der Waals surface area contributed by atoms with Gasteiger partial charge in [0.05, 0.1) is 4.75 Å². The van der Waals surface area contributed by atoms with E-state index in [4.69, 9.17) is 5.11 Å². The van der Waals surface area contributed by atoms with Crippen LogP contribution in [0.2, 0.25) is 0 Å². The van der Waals surface area contributed by atoms with Crippen molar-refractivity contribution in [3.8, 4) is 0 Å². The zero-order valence-corrected chi connectivity index (χ0v) is 11.5. The summed E-state index contributed by atoms with van der Waals surface area (Å²) in [4.78, 5) is 22.7. The molecule has 0 bridgehead atoms. The fourth-order valence-corrected chi connectivity index (χ4v) is 3.09. The first-order valence-electron chi connectivity index (χ1n) is 5.94. The fraction of sp³-hybridized carbons (Fsp3) is 0.833. The highest BCUT2D eigenvalue weighted by Crippen LogP contribution is 2.38. The third-order valence-corrected chi connectivity index (χ3v) is 4.63. The SMILES string of the molecule is CC(C)(CCC(=O)O)NC(=O)C1(C)CCCS1. The lowest BCUT2D eigenvalue weighted by atomic mass is 9.96. The summed E-state index contributed by atoms with van der Waals surface area (Å²) < 4.78 is -0.333. The van der Waals surface area contributed by atoms with Gasteiger partial charge in [-0.15, -0.1) is 11.8 Å². The van der Waals surface area contributed by atoms with E-state index in [2.05, 4.69) is 5.32 Å². The number of aliphatic carboxylic acids is 1. The molecule has 1 amide bonds. The van der Waals surface area contributed by atoms with Crippen molar-refractivity contribution in [1.82, 2.24) is 5.32 Å². The quantitative estimate of drug-likeness (QED) is 0.793. The van der Waals surface area contributed by atoms with Gasteiger partial charge in [-0.1, -0.05) is 0 Å². The number of hydrogen-bond donors (Lipinski definition) is 2. The molecule has 0 aromatic carbocycles. The van der Waals surface area contributed by atoms with E-state index in [1.807, 2.05) is 20.8 Å². The second kappa shape index (κ2) is 5.29. The van der Waals surface area contributed by atoms with Gasteiger partial charge in [0.2, 0.25) is 5.91 Å². The minimum atomic E-state index is -0.825. The van der Waals surface area contributed by atoms with Gasteiger partial charge in [-0.05, 0) is 45.8 Å². The first kappa shape index (κ1) is 14.4. The molecule has 0 aliphatic carbocycles. The minimum Gasteiger partial charge on any atom is -0.481 e. The summed E-state index contributed by atoms with van der Waals surface area (Å²) in [6, 6.07) is 0. The van der Waals surface area contributed by atoms with Crippen LogP contribution in [0.5, 0.6) is 0 Å². The van der Waals surface area contributed by atoms with Crippen molar-refractivity contribution in [1.29, 1.82) is 0 Å². The van der Waals surface area contributed by atoms with E-state index >= 15 is 0 Å². The largest absolute Gasteiger partial charge is 0.481 e. The zero-order chi connectivity index (χ0) is 13.1. The Morgan fingerprint density at radius 2 is 2.12 bits per heavy atom. The molecule has 0 radical (unpaired) electrons. The van der Waals surface area contributed by atoms with E-state index < -0.39 is 11.5 Å². The average Bonchev–Trinajstić information content (AvgIpc) is 2.63. The van der Waals surface area contributed by atoms with Crippen LogP contribution in [0.3, 0.4) is 0 Å². The van der Waals surface area contributed by atoms with Gasteiger partial charge in [-0.3, -0.25) is 9.59 Å². The second-order valence-electron chi connectivity index (χ2n) is 5.41. The lowest BCUT2D eigenvalue weighted by molar-refractivity contribution is -0.138. The van der Waals surface area contributed by atoms with Crippen LogP contribution in [0.4, 0.5) is 0 Å². The normalized spacial score (nSPS) is 24.6. The summed E-state index contributed by atoms with van der Waals surface area (Å²) in [5, 5.41) is 11.6. The maximum atomic E-state index is 12.1. The van der Waals surface area contributed by atoms with Crippen LogP contribution >= 0.6 is 11.8 Å². The highest BCUT2D eigenvalue weighted by atomic mass is 32.2. The molecule has 1 fully saturated rings. The van der Waals surface area contributed by atoms with Crippen molar-refractivity contribution in [3.05, 3.63) is 0 Å². The van der Waals surface area contributed by atoms with Crippen LogP contribution in [0, 0.1) is 0 Å². The van der Waals surface area contributed by atoms with E-state index in [9.17, 15) is 9.59 Å². The molecule has 1 rings (SSSR count). The molecule has 1 unspecified atom stereocenters. The van der Waals surface area contributed by atoms with Crippen molar-refractivity contribution in [2.45, 2.75) is 56.7 Å². The van der Waals surface area contributed by atoms with Crippen LogP contribution in [0.25, 0.3) is 0 Å². The molecular formula is C12H21NO3S. The highest BCUT2D eigenvalue weighted by Gasteiger charge is 2.39. The Morgan fingerprint density at radius 1 is 1.47 bits per heavy atom. The Labute approximate surface area is 107 Å². The van der Waals surface area contributed by atoms with Crippen molar-refractivity contribution in [2.75, 3.05) is 5.75 Å². The molecule has 0 spiro atoms. The first-order chi connectivity index (χ1) is 7.75. The Kier molecular flexibility index (Phi) is 4.47. The van der Waals surface area contributed by atoms with Crippen molar-refractivity contribution in [3.63, 3.8) is 0 Å². The molecule has 1 aliphatic heterocycles. The van der Waals surface area contributed by atoms with Crippen molar-refractivity contribution >= 4 is 23.6 Å². The van der Waals surface area contributed by atoms with Crippen LogP contribution in [-0.4, -0.2) is 33.0 Å². The molecule has 1 heterocycles. The molecule has 1 saturated heterocycles. The third-order valence-electron chi connectivity index (χ3n) is 3.11. The van der Waals surface area contributed by atoms with Gasteiger partial charge in [0.15, 0.2) is 0 Å². The Morgan fingerprint density at radius 3 is 2.59 bits per heavy atom. The zero-order valence-electron chi connectivity index (χ0n) is 10.7. The maximum absolute atomic E-state index is 12.1. The highest BCUT2D eigenvalue weighted by molar-refractivity contribution is 8.01. The minimum absolute atomic E-state index is 0.0374. The molecular weight excluding hydrogens is 238 g/mol. The lowest BCUT2D eigenvalue weighted by Gasteiger charge is -2.31. The molecule has 0 saturated carbocycles. The molecule has 5 heteroatoms. The fourth-order valence-electron chi connectivity index (χ4n) is 1.88. The molecule has 98 valence electrons. The predicted octanol–water partition coefficient (Wildman–Crippen LogP) is 2.03. The molecule has 0 aromatic rings. The third kappa shape index (κ3) is 4.22. The Bertz CT molecular complexity index is 309. The first-order valence-corrected chi connectivity index (χ1v) is 6.92. The van der Waals surface area contributed by atoms with E-state index in [0.29, 0.717) is 6.42 Å². The molecule has 17 heavy (non-hydrogen) atoms. The van der Waals surface area contributed by atoms with Gasteiger partial charge in [0, 0.05) is 12.0 Å². The van der Waals surface area contributed by atoms with Crippen LogP contribution < -0.4 is 5.32 Å². The lowest BCUT2D eigenvalue weighted by Crippen LogP contribution is -2.50.